The van der Waals surface area contributed by atoms with E-state index in [-0.39, 0.29) is 11.8 Å². The van der Waals surface area contributed by atoms with Crippen molar-refractivity contribution in [3.8, 4) is 0 Å². The van der Waals surface area contributed by atoms with Crippen LogP contribution in [0.25, 0.3) is 5.57 Å². The van der Waals surface area contributed by atoms with E-state index in [9.17, 15) is 9.59 Å². The van der Waals surface area contributed by atoms with Crippen molar-refractivity contribution in [2.45, 2.75) is 13.3 Å². The number of nitrogens with zero attached hydrogens (tertiary/aromatic N) is 2. The first kappa shape index (κ1) is 15.7. The fraction of sp³-hybridized carbons (Fsp3) is 0.267. The van der Waals surface area contributed by atoms with Crippen LogP contribution in [0.15, 0.2) is 27.6 Å². The molecule has 7 heteroatoms. The third kappa shape index (κ3) is 2.31. The molecule has 0 spiro atoms. The molecule has 0 aromatic heterocycles. The Kier molecular flexibility index (Phi) is 4.13. The highest BCUT2D eigenvalue weighted by molar-refractivity contribution is 9.10. The lowest BCUT2D eigenvalue weighted by Gasteiger charge is -2.15. The lowest BCUT2D eigenvalue weighted by atomic mass is 10.1. The predicted molar refractivity (Wildman–Crippen MR) is 96.7 cm³/mol. The Labute approximate surface area is 146 Å². The summed E-state index contributed by atoms with van der Waals surface area (Å²) in [6, 6.07) is 5.70. The third-order valence-electron chi connectivity index (χ3n) is 3.61. The highest BCUT2D eigenvalue weighted by atomic mass is 79.9. The lowest BCUT2D eigenvalue weighted by Crippen LogP contribution is -2.28. The third-order valence-corrected chi connectivity index (χ3v) is 5.66. The van der Waals surface area contributed by atoms with Crippen LogP contribution < -0.4 is 4.90 Å². The van der Waals surface area contributed by atoms with Gasteiger partial charge in [-0.1, -0.05) is 46.8 Å². The van der Waals surface area contributed by atoms with Crippen LogP contribution in [0.4, 0.5) is 5.69 Å². The van der Waals surface area contributed by atoms with Crippen molar-refractivity contribution in [1.29, 1.82) is 0 Å². The molecular weight excluding hydrogens is 384 g/mol. The highest BCUT2D eigenvalue weighted by Gasteiger charge is 2.40. The molecule has 2 heterocycles. The Balaban J connectivity index is 2.22. The molecule has 0 N–H and O–H groups in total. The molecule has 1 saturated heterocycles. The summed E-state index contributed by atoms with van der Waals surface area (Å²) >= 11 is 9.81. The van der Waals surface area contributed by atoms with E-state index in [0.29, 0.717) is 21.3 Å². The van der Waals surface area contributed by atoms with E-state index in [1.165, 1.54) is 16.7 Å². The molecule has 0 radical (unpaired) electrons. The number of thiocarbonyl (C=S) groups is 1. The van der Waals surface area contributed by atoms with Crippen molar-refractivity contribution in [1.82, 2.24) is 4.90 Å². The van der Waals surface area contributed by atoms with E-state index in [1.807, 2.05) is 25.1 Å². The molecule has 1 aromatic carbocycles. The number of anilines is 1. The van der Waals surface area contributed by atoms with Crippen molar-refractivity contribution in [2.24, 2.45) is 0 Å². The zero-order valence-corrected chi connectivity index (χ0v) is 15.3. The van der Waals surface area contributed by atoms with Gasteiger partial charge in [0, 0.05) is 23.6 Å². The zero-order chi connectivity index (χ0) is 16.0. The topological polar surface area (TPSA) is 40.6 Å². The van der Waals surface area contributed by atoms with Crippen molar-refractivity contribution >= 4 is 67.3 Å². The largest absolute Gasteiger partial charge is 0.308 e. The number of likely N-dealkylation sites (N-methyl/N-ethyl adjacent to an activating group) is 1. The molecule has 1 aromatic rings. The summed E-state index contributed by atoms with van der Waals surface area (Å²) in [7, 11) is 1.64. The van der Waals surface area contributed by atoms with E-state index >= 15 is 0 Å². The minimum absolute atomic E-state index is 0.121. The fourth-order valence-corrected chi connectivity index (χ4v) is 4.17. The number of benzene rings is 1. The molecule has 2 amide bonds. The maximum absolute atomic E-state index is 12.8. The molecule has 0 bridgehead atoms. The quantitative estimate of drug-likeness (QED) is 0.567. The van der Waals surface area contributed by atoms with E-state index in [1.54, 1.807) is 11.9 Å². The molecular formula is C15H13BrN2O2S2. The SMILES string of the molecule is CCCN1C(=O)/C(=C2/SC(=S)N(C)C2=O)c2cc(Br)ccc21. The van der Waals surface area contributed by atoms with E-state index < -0.39 is 0 Å². The van der Waals surface area contributed by atoms with E-state index in [4.69, 9.17) is 12.2 Å². The van der Waals surface area contributed by atoms with Gasteiger partial charge in [-0.25, -0.2) is 0 Å². The first-order valence-electron chi connectivity index (χ1n) is 6.81. The lowest BCUT2D eigenvalue weighted by molar-refractivity contribution is -0.121. The van der Waals surface area contributed by atoms with Crippen molar-refractivity contribution in [3.63, 3.8) is 0 Å². The second kappa shape index (κ2) is 5.79. The summed E-state index contributed by atoms with van der Waals surface area (Å²) in [6.07, 6.45) is 0.850. The number of amides is 2. The molecule has 0 aliphatic carbocycles. The molecule has 0 saturated carbocycles. The monoisotopic (exact) mass is 396 g/mol. The average molecular weight is 397 g/mol. The van der Waals surface area contributed by atoms with E-state index in [2.05, 4.69) is 15.9 Å². The number of carbonyl (C=O) groups excluding carboxylic acids is 2. The average Bonchev–Trinajstić information content (AvgIpc) is 2.88. The van der Waals surface area contributed by atoms with Crippen LogP contribution in [-0.2, 0) is 9.59 Å². The normalized spacial score (nSPS) is 21.1. The highest BCUT2D eigenvalue weighted by Crippen LogP contribution is 2.45. The molecule has 2 aliphatic heterocycles. The van der Waals surface area contributed by atoms with Gasteiger partial charge in [0.05, 0.1) is 16.2 Å². The number of rotatable bonds is 2. The van der Waals surface area contributed by atoms with Gasteiger partial charge in [0.15, 0.2) is 0 Å². The first-order valence-corrected chi connectivity index (χ1v) is 8.83. The molecule has 114 valence electrons. The van der Waals surface area contributed by atoms with Crippen LogP contribution in [0.3, 0.4) is 0 Å². The van der Waals surface area contributed by atoms with Gasteiger partial charge < -0.3 is 4.90 Å². The van der Waals surface area contributed by atoms with Gasteiger partial charge in [-0.15, -0.1) is 0 Å². The number of hydrogen-bond donors (Lipinski definition) is 0. The minimum atomic E-state index is -0.206. The molecule has 0 atom stereocenters. The van der Waals surface area contributed by atoms with Crippen LogP contribution in [0.5, 0.6) is 0 Å². The smallest absolute Gasteiger partial charge is 0.266 e. The Hall–Kier alpha value is -1.18. The van der Waals surface area contributed by atoms with Crippen LogP contribution >= 0.6 is 39.9 Å². The summed E-state index contributed by atoms with van der Waals surface area (Å²) in [5.74, 6) is -0.327. The zero-order valence-electron chi connectivity index (χ0n) is 12.1. The van der Waals surface area contributed by atoms with Gasteiger partial charge in [-0.3, -0.25) is 14.5 Å². The molecule has 2 aliphatic rings. The van der Waals surface area contributed by atoms with Gasteiger partial charge in [-0.2, -0.15) is 0 Å². The first-order chi connectivity index (χ1) is 10.5. The summed E-state index contributed by atoms with van der Waals surface area (Å²) in [4.78, 5) is 28.8. The molecule has 1 fully saturated rings. The van der Waals surface area contributed by atoms with E-state index in [0.717, 1.165) is 22.1 Å². The maximum atomic E-state index is 12.8. The van der Waals surface area contributed by atoms with Crippen LogP contribution in [0.1, 0.15) is 18.9 Å². The summed E-state index contributed by atoms with van der Waals surface area (Å²) in [5, 5.41) is 0. The molecule has 22 heavy (non-hydrogen) atoms. The second-order valence-electron chi connectivity index (χ2n) is 5.05. The van der Waals surface area contributed by atoms with Gasteiger partial charge >= 0.3 is 0 Å². The number of carbonyl (C=O) groups is 2. The fourth-order valence-electron chi connectivity index (χ4n) is 2.56. The molecule has 0 unspecified atom stereocenters. The molecule has 3 rings (SSSR count). The summed E-state index contributed by atoms with van der Waals surface area (Å²) < 4.78 is 1.35. The van der Waals surface area contributed by atoms with Crippen molar-refractivity contribution in [3.05, 3.63) is 33.1 Å². The van der Waals surface area contributed by atoms with Gasteiger partial charge in [0.1, 0.15) is 4.32 Å². The van der Waals surface area contributed by atoms with Crippen molar-refractivity contribution in [2.75, 3.05) is 18.5 Å². The number of halogens is 1. The summed E-state index contributed by atoms with van der Waals surface area (Å²) in [5.41, 5.74) is 2.11. The standard InChI is InChI=1S/C15H13BrN2O2S2/c1-3-6-18-10-5-4-8(16)7-9(10)11(13(18)19)12-14(20)17(2)15(21)22-12/h4-5,7H,3,6H2,1-2H3/b12-11+. The Morgan fingerprint density at radius 2 is 2.00 bits per heavy atom. The van der Waals surface area contributed by atoms with Crippen LogP contribution in [-0.4, -0.2) is 34.6 Å². The van der Waals surface area contributed by atoms with Gasteiger partial charge in [0.25, 0.3) is 11.8 Å². The number of hydrogen-bond acceptors (Lipinski definition) is 4. The Morgan fingerprint density at radius 3 is 2.59 bits per heavy atom. The van der Waals surface area contributed by atoms with Crippen molar-refractivity contribution < 1.29 is 9.59 Å². The van der Waals surface area contributed by atoms with Gasteiger partial charge in [0.2, 0.25) is 0 Å². The van der Waals surface area contributed by atoms with Gasteiger partial charge in [-0.05, 0) is 24.6 Å². The minimum Gasteiger partial charge on any atom is -0.308 e. The number of thioether (sulfide) groups is 1. The summed E-state index contributed by atoms with van der Waals surface area (Å²) in [6.45, 7) is 2.65. The Morgan fingerprint density at radius 1 is 1.27 bits per heavy atom. The predicted octanol–water partition coefficient (Wildman–Crippen LogP) is 3.41. The maximum Gasteiger partial charge on any atom is 0.266 e. The molecule has 4 nitrogen and oxygen atoms in total. The van der Waals surface area contributed by atoms with Crippen LogP contribution in [0, 0.1) is 0 Å². The second-order valence-corrected chi connectivity index (χ2v) is 7.61. The Bertz CT molecular complexity index is 745. The number of fused-ring (bicyclic) bond motifs is 1. The van der Waals surface area contributed by atoms with Crippen LogP contribution in [0.2, 0.25) is 0 Å².